The molecular weight excluding hydrogens is 535 g/mol. The second-order valence-corrected chi connectivity index (χ2v) is 10.3. The highest BCUT2D eigenvalue weighted by Crippen LogP contribution is 2.24. The predicted molar refractivity (Wildman–Crippen MR) is 153 cm³/mol. The smallest absolute Gasteiger partial charge is 0.406 e. The zero-order valence-corrected chi connectivity index (χ0v) is 23.2. The van der Waals surface area contributed by atoms with E-state index in [0.717, 1.165) is 28.8 Å². The van der Waals surface area contributed by atoms with Gasteiger partial charge in [-0.3, -0.25) is 4.79 Å². The summed E-state index contributed by atoms with van der Waals surface area (Å²) in [5.74, 6) is 0.299. The van der Waals surface area contributed by atoms with E-state index in [1.807, 2.05) is 24.3 Å². The number of aromatic nitrogens is 3. The van der Waals surface area contributed by atoms with Crippen molar-refractivity contribution in [3.63, 3.8) is 0 Å². The van der Waals surface area contributed by atoms with Crippen LogP contribution in [0.1, 0.15) is 48.4 Å². The highest BCUT2D eigenvalue weighted by molar-refractivity contribution is 7.80. The van der Waals surface area contributed by atoms with Crippen molar-refractivity contribution in [2.45, 2.75) is 58.7 Å². The zero-order chi connectivity index (χ0) is 28.7. The first-order valence-corrected chi connectivity index (χ1v) is 13.5. The standard InChI is InChI=1S/C31H30F3N3O2S/c1-3-4-23-9-5-21(2)17-25(23)18-29(40)19-27(38)14-8-22-6-10-24(11-7-22)30-35-20-37(36-30)26-12-15-28(16-13-26)39-31(32,33)34/h5-7,9-13,15-17,20H,3-4,8,14,18-19H2,1-2H3. The molecule has 0 unspecified atom stereocenters. The third-order valence-corrected chi connectivity index (χ3v) is 6.68. The number of carbonyl (C=O) groups is 1. The molecule has 0 fully saturated rings. The summed E-state index contributed by atoms with van der Waals surface area (Å²) < 4.78 is 42.5. The highest BCUT2D eigenvalue weighted by atomic mass is 32.1. The molecule has 0 aliphatic rings. The first-order chi connectivity index (χ1) is 19.1. The number of ether oxygens (including phenoxy) is 1. The van der Waals surface area contributed by atoms with Crippen LogP contribution in [0.3, 0.4) is 0 Å². The SMILES string of the molecule is CCCc1ccc(C)cc1CC(=S)CC(=O)CCc1ccc(-c2ncn(-c3ccc(OC(F)(F)F)cc3)n2)cc1. The van der Waals surface area contributed by atoms with Crippen molar-refractivity contribution in [1.82, 2.24) is 14.8 Å². The Morgan fingerprint density at radius 3 is 2.38 bits per heavy atom. The van der Waals surface area contributed by atoms with Gasteiger partial charge in [0.05, 0.1) is 5.69 Å². The summed E-state index contributed by atoms with van der Waals surface area (Å²) in [6.07, 6.45) is 0.801. The Morgan fingerprint density at radius 2 is 1.70 bits per heavy atom. The lowest BCUT2D eigenvalue weighted by Gasteiger charge is -2.11. The monoisotopic (exact) mass is 565 g/mol. The van der Waals surface area contributed by atoms with Gasteiger partial charge in [-0.25, -0.2) is 9.67 Å². The van der Waals surface area contributed by atoms with Crippen LogP contribution in [-0.2, 0) is 24.1 Å². The summed E-state index contributed by atoms with van der Waals surface area (Å²) >= 11 is 5.58. The van der Waals surface area contributed by atoms with Gasteiger partial charge in [0.1, 0.15) is 17.9 Å². The molecule has 4 rings (SSSR count). The van der Waals surface area contributed by atoms with Crippen LogP contribution in [0.4, 0.5) is 13.2 Å². The average molecular weight is 566 g/mol. The predicted octanol–water partition coefficient (Wildman–Crippen LogP) is 7.60. The fraction of sp³-hybridized carbons (Fsp3) is 0.290. The van der Waals surface area contributed by atoms with Crippen molar-refractivity contribution in [3.05, 3.63) is 95.3 Å². The minimum Gasteiger partial charge on any atom is -0.406 e. The summed E-state index contributed by atoms with van der Waals surface area (Å²) in [7, 11) is 0. The second-order valence-electron chi connectivity index (χ2n) is 9.70. The molecule has 0 aliphatic carbocycles. The Labute approximate surface area is 237 Å². The first kappa shape index (κ1) is 29.1. The van der Waals surface area contributed by atoms with Crippen molar-refractivity contribution in [1.29, 1.82) is 0 Å². The summed E-state index contributed by atoms with van der Waals surface area (Å²) in [6, 6.07) is 19.5. The van der Waals surface area contributed by atoms with Gasteiger partial charge in [0.15, 0.2) is 5.82 Å². The molecule has 0 amide bonds. The number of hydrogen-bond acceptors (Lipinski definition) is 5. The number of rotatable bonds is 12. The molecule has 9 heteroatoms. The fourth-order valence-corrected chi connectivity index (χ4v) is 4.76. The lowest BCUT2D eigenvalue weighted by atomic mass is 9.95. The fourth-order valence-electron chi connectivity index (χ4n) is 4.44. The summed E-state index contributed by atoms with van der Waals surface area (Å²) in [5.41, 5.74) is 6.07. The molecule has 0 spiro atoms. The van der Waals surface area contributed by atoms with Gasteiger partial charge < -0.3 is 4.74 Å². The maximum absolute atomic E-state index is 12.6. The number of carbonyl (C=O) groups excluding carboxylic acids is 1. The molecule has 0 saturated heterocycles. The van der Waals surface area contributed by atoms with E-state index in [4.69, 9.17) is 12.2 Å². The van der Waals surface area contributed by atoms with E-state index in [0.29, 0.717) is 37.2 Å². The highest BCUT2D eigenvalue weighted by Gasteiger charge is 2.31. The van der Waals surface area contributed by atoms with E-state index in [-0.39, 0.29) is 11.5 Å². The van der Waals surface area contributed by atoms with E-state index >= 15 is 0 Å². The van der Waals surface area contributed by atoms with E-state index in [1.54, 1.807) is 0 Å². The quantitative estimate of drug-likeness (QED) is 0.166. The number of hydrogen-bond donors (Lipinski definition) is 0. The number of thiocarbonyl (C=S) groups is 1. The van der Waals surface area contributed by atoms with Crippen LogP contribution in [-0.4, -0.2) is 31.8 Å². The Balaban J connectivity index is 1.29. The molecule has 40 heavy (non-hydrogen) atoms. The van der Waals surface area contributed by atoms with Crippen molar-refractivity contribution in [3.8, 4) is 22.8 Å². The van der Waals surface area contributed by atoms with Crippen LogP contribution in [0.25, 0.3) is 17.1 Å². The summed E-state index contributed by atoms with van der Waals surface area (Å²) in [4.78, 5) is 17.7. The molecule has 0 aliphatic heterocycles. The molecule has 3 aromatic carbocycles. The Bertz CT molecular complexity index is 1460. The van der Waals surface area contributed by atoms with Crippen LogP contribution in [0.2, 0.25) is 0 Å². The Kier molecular flexibility index (Phi) is 9.47. The van der Waals surface area contributed by atoms with Gasteiger partial charge in [0.2, 0.25) is 0 Å². The average Bonchev–Trinajstić information content (AvgIpc) is 3.39. The van der Waals surface area contributed by atoms with Gasteiger partial charge in [-0.15, -0.1) is 18.3 Å². The molecule has 5 nitrogen and oxygen atoms in total. The minimum absolute atomic E-state index is 0.130. The maximum Gasteiger partial charge on any atom is 0.573 e. The molecule has 1 aromatic heterocycles. The molecule has 0 saturated carbocycles. The van der Waals surface area contributed by atoms with Crippen LogP contribution < -0.4 is 4.74 Å². The third-order valence-electron chi connectivity index (χ3n) is 6.39. The molecule has 208 valence electrons. The van der Waals surface area contributed by atoms with Crippen molar-refractivity contribution in [2.24, 2.45) is 0 Å². The lowest BCUT2D eigenvalue weighted by Crippen LogP contribution is -2.17. The number of alkyl halides is 3. The molecule has 0 bridgehead atoms. The number of nitrogens with zero attached hydrogens (tertiary/aromatic N) is 3. The molecule has 0 atom stereocenters. The minimum atomic E-state index is -4.74. The molecule has 1 heterocycles. The van der Waals surface area contributed by atoms with Gasteiger partial charge in [-0.2, -0.15) is 0 Å². The van der Waals surface area contributed by atoms with Gasteiger partial charge in [-0.05, 0) is 60.7 Å². The van der Waals surface area contributed by atoms with Crippen LogP contribution in [0, 0.1) is 6.92 Å². The van der Waals surface area contributed by atoms with Crippen molar-refractivity contribution in [2.75, 3.05) is 0 Å². The largest absolute Gasteiger partial charge is 0.573 e. The first-order valence-electron chi connectivity index (χ1n) is 13.1. The zero-order valence-electron chi connectivity index (χ0n) is 22.4. The molecule has 0 N–H and O–H groups in total. The van der Waals surface area contributed by atoms with Crippen LogP contribution in [0.15, 0.2) is 73.1 Å². The van der Waals surface area contributed by atoms with E-state index in [9.17, 15) is 18.0 Å². The van der Waals surface area contributed by atoms with Gasteiger partial charge in [0, 0.05) is 29.7 Å². The number of halogens is 3. The number of benzene rings is 3. The topological polar surface area (TPSA) is 57.0 Å². The number of Topliss-reactive ketones (excluding diaryl/α,β-unsaturated/α-hetero) is 1. The van der Waals surface area contributed by atoms with Crippen molar-refractivity contribution < 1.29 is 22.7 Å². The summed E-state index contributed by atoms with van der Waals surface area (Å²) in [5, 5.41) is 4.42. The second kappa shape index (κ2) is 13.0. The van der Waals surface area contributed by atoms with Crippen LogP contribution >= 0.6 is 12.2 Å². The van der Waals surface area contributed by atoms with Crippen LogP contribution in [0.5, 0.6) is 5.75 Å². The maximum atomic E-state index is 12.6. The summed E-state index contributed by atoms with van der Waals surface area (Å²) in [6.45, 7) is 4.23. The molecular formula is C31H30F3N3O2S. The van der Waals surface area contributed by atoms with E-state index < -0.39 is 6.36 Å². The third kappa shape index (κ3) is 8.32. The lowest BCUT2D eigenvalue weighted by molar-refractivity contribution is -0.274. The van der Waals surface area contributed by atoms with Gasteiger partial charge >= 0.3 is 6.36 Å². The Hall–Kier alpha value is -3.85. The van der Waals surface area contributed by atoms with Gasteiger partial charge in [-0.1, -0.05) is 73.6 Å². The molecule has 0 radical (unpaired) electrons. The number of ketones is 1. The van der Waals surface area contributed by atoms with Gasteiger partial charge in [0.25, 0.3) is 0 Å². The Morgan fingerprint density at radius 1 is 0.975 bits per heavy atom. The van der Waals surface area contributed by atoms with E-state index in [1.165, 1.54) is 52.0 Å². The normalized spacial score (nSPS) is 11.4. The van der Waals surface area contributed by atoms with E-state index in [2.05, 4.69) is 46.9 Å². The molecule has 4 aromatic rings. The number of aryl methyl sites for hydroxylation is 3. The van der Waals surface area contributed by atoms with Crippen molar-refractivity contribution >= 4 is 22.9 Å².